The molecule has 0 aliphatic rings. The van der Waals surface area contributed by atoms with Gasteiger partial charge in [0.2, 0.25) is 0 Å². The van der Waals surface area contributed by atoms with Crippen molar-refractivity contribution in [2.75, 3.05) is 13.2 Å². The Morgan fingerprint density at radius 3 is 2.18 bits per heavy atom. The van der Waals surface area contributed by atoms with Crippen LogP contribution in [0.15, 0.2) is 78.9 Å². The third-order valence-electron chi connectivity index (χ3n) is 4.28. The van der Waals surface area contributed by atoms with E-state index in [1.807, 2.05) is 24.3 Å². The molecule has 2 nitrogen and oxygen atoms in total. The van der Waals surface area contributed by atoms with Crippen LogP contribution in [0.25, 0.3) is 11.1 Å². The number of alkyl halides is 3. The number of nitrogens with one attached hydrogen (secondary N) is 1. The van der Waals surface area contributed by atoms with Crippen LogP contribution in [0.3, 0.4) is 0 Å². The highest BCUT2D eigenvalue weighted by Crippen LogP contribution is 2.20. The fraction of sp³-hybridized carbons (Fsp3) is 0.217. The minimum atomic E-state index is -4.33. The molecule has 0 amide bonds. The van der Waals surface area contributed by atoms with Gasteiger partial charge < -0.3 is 10.1 Å². The summed E-state index contributed by atoms with van der Waals surface area (Å²) in [6.07, 6.45) is -3.45. The Kier molecular flexibility index (Phi) is 6.71. The Morgan fingerprint density at radius 2 is 1.46 bits per heavy atom. The fourth-order valence-corrected chi connectivity index (χ4v) is 2.87. The highest BCUT2D eigenvalue weighted by Gasteiger charge is 2.28. The van der Waals surface area contributed by atoms with Gasteiger partial charge in [-0.1, -0.05) is 66.7 Å². The topological polar surface area (TPSA) is 21.3 Å². The number of rotatable bonds is 8. The molecule has 0 unspecified atom stereocenters. The molecule has 0 aliphatic heterocycles. The zero-order valence-corrected chi connectivity index (χ0v) is 15.4. The van der Waals surface area contributed by atoms with E-state index in [2.05, 4.69) is 41.7 Å². The average Bonchev–Trinajstić information content (AvgIpc) is 2.71. The Labute approximate surface area is 163 Å². The van der Waals surface area contributed by atoms with E-state index in [1.54, 1.807) is 12.1 Å². The first-order chi connectivity index (χ1) is 13.5. The Morgan fingerprint density at radius 1 is 0.750 bits per heavy atom. The molecule has 3 aromatic rings. The number of halogens is 3. The van der Waals surface area contributed by atoms with Crippen molar-refractivity contribution in [2.45, 2.75) is 19.1 Å². The second-order valence-electron chi connectivity index (χ2n) is 6.54. The van der Waals surface area contributed by atoms with Crippen LogP contribution in [0.4, 0.5) is 13.2 Å². The van der Waals surface area contributed by atoms with Gasteiger partial charge in [-0.05, 0) is 47.4 Å². The SMILES string of the molecule is FC(F)(F)COc1cccc(CNCCc2ccc(-c3ccccc3)cc2)c1. The Hall–Kier alpha value is -2.79. The van der Waals surface area contributed by atoms with E-state index in [0.717, 1.165) is 18.5 Å². The van der Waals surface area contributed by atoms with Gasteiger partial charge in [0, 0.05) is 6.54 Å². The number of benzene rings is 3. The largest absolute Gasteiger partial charge is 0.484 e. The molecule has 0 atom stereocenters. The van der Waals surface area contributed by atoms with Crippen LogP contribution in [-0.2, 0) is 13.0 Å². The summed E-state index contributed by atoms with van der Waals surface area (Å²) in [7, 11) is 0. The zero-order valence-electron chi connectivity index (χ0n) is 15.4. The van der Waals surface area contributed by atoms with Gasteiger partial charge in [0.25, 0.3) is 0 Å². The van der Waals surface area contributed by atoms with E-state index >= 15 is 0 Å². The summed E-state index contributed by atoms with van der Waals surface area (Å²) in [4.78, 5) is 0. The van der Waals surface area contributed by atoms with Crippen molar-refractivity contribution in [3.8, 4) is 16.9 Å². The van der Waals surface area contributed by atoms with Gasteiger partial charge in [0.05, 0.1) is 0 Å². The van der Waals surface area contributed by atoms with Crippen molar-refractivity contribution in [1.29, 1.82) is 0 Å². The lowest BCUT2D eigenvalue weighted by molar-refractivity contribution is -0.153. The first-order valence-electron chi connectivity index (χ1n) is 9.13. The first kappa shape index (κ1) is 20.0. The van der Waals surface area contributed by atoms with Crippen LogP contribution in [0, 0.1) is 0 Å². The molecule has 0 saturated heterocycles. The summed E-state index contributed by atoms with van der Waals surface area (Å²) < 4.78 is 41.5. The van der Waals surface area contributed by atoms with Gasteiger partial charge in [-0.3, -0.25) is 0 Å². The minimum absolute atomic E-state index is 0.230. The van der Waals surface area contributed by atoms with Gasteiger partial charge in [-0.25, -0.2) is 0 Å². The van der Waals surface area contributed by atoms with Crippen molar-refractivity contribution in [2.24, 2.45) is 0 Å². The maximum Gasteiger partial charge on any atom is 0.422 e. The molecule has 5 heteroatoms. The molecular formula is C23H22F3NO. The lowest BCUT2D eigenvalue weighted by atomic mass is 10.0. The minimum Gasteiger partial charge on any atom is -0.484 e. The molecule has 1 N–H and O–H groups in total. The predicted molar refractivity (Wildman–Crippen MR) is 105 cm³/mol. The van der Waals surface area contributed by atoms with Crippen LogP contribution in [0.5, 0.6) is 5.75 Å². The number of hydrogen-bond acceptors (Lipinski definition) is 2. The van der Waals surface area contributed by atoms with Gasteiger partial charge in [-0.15, -0.1) is 0 Å². The van der Waals surface area contributed by atoms with E-state index in [4.69, 9.17) is 4.74 Å². The molecule has 28 heavy (non-hydrogen) atoms. The normalized spacial score (nSPS) is 11.4. The number of hydrogen-bond donors (Lipinski definition) is 1. The molecular weight excluding hydrogens is 363 g/mol. The fourth-order valence-electron chi connectivity index (χ4n) is 2.87. The quantitative estimate of drug-likeness (QED) is 0.508. The van der Waals surface area contributed by atoms with Crippen molar-refractivity contribution < 1.29 is 17.9 Å². The van der Waals surface area contributed by atoms with Gasteiger partial charge in [-0.2, -0.15) is 13.2 Å². The molecule has 3 rings (SSSR count). The summed E-state index contributed by atoms with van der Waals surface area (Å²) >= 11 is 0. The van der Waals surface area contributed by atoms with Gasteiger partial charge in [0.1, 0.15) is 5.75 Å². The highest BCUT2D eigenvalue weighted by atomic mass is 19.4. The predicted octanol–water partition coefficient (Wildman–Crippen LogP) is 5.63. The Bertz CT molecular complexity index is 861. The van der Waals surface area contributed by atoms with Crippen molar-refractivity contribution in [1.82, 2.24) is 5.32 Å². The monoisotopic (exact) mass is 385 g/mol. The standard InChI is InChI=1S/C23H22F3NO/c24-23(25,26)17-28-22-8-4-5-19(15-22)16-27-14-13-18-9-11-21(12-10-18)20-6-2-1-3-7-20/h1-12,15,27H,13-14,16-17H2. The zero-order chi connectivity index (χ0) is 19.8. The summed E-state index contributed by atoms with van der Waals surface area (Å²) in [5.41, 5.74) is 4.50. The maximum absolute atomic E-state index is 12.2. The smallest absolute Gasteiger partial charge is 0.422 e. The van der Waals surface area contributed by atoms with Crippen LogP contribution >= 0.6 is 0 Å². The molecule has 0 saturated carbocycles. The van der Waals surface area contributed by atoms with E-state index in [-0.39, 0.29) is 5.75 Å². The summed E-state index contributed by atoms with van der Waals surface area (Å²) in [6.45, 7) is 0.0759. The van der Waals surface area contributed by atoms with Crippen LogP contribution < -0.4 is 10.1 Å². The molecule has 146 valence electrons. The summed E-state index contributed by atoms with van der Waals surface area (Å²) in [5.74, 6) is 0.230. The van der Waals surface area contributed by atoms with Crippen LogP contribution in [0.2, 0.25) is 0 Å². The maximum atomic E-state index is 12.2. The lowest BCUT2D eigenvalue weighted by Gasteiger charge is -2.11. The summed E-state index contributed by atoms with van der Waals surface area (Å²) in [5, 5.41) is 3.32. The first-order valence-corrected chi connectivity index (χ1v) is 9.13. The molecule has 0 radical (unpaired) electrons. The lowest BCUT2D eigenvalue weighted by Crippen LogP contribution is -2.19. The molecule has 0 aliphatic carbocycles. The van der Waals surface area contributed by atoms with E-state index in [1.165, 1.54) is 22.8 Å². The van der Waals surface area contributed by atoms with Gasteiger partial charge >= 0.3 is 6.18 Å². The third-order valence-corrected chi connectivity index (χ3v) is 4.28. The summed E-state index contributed by atoms with van der Waals surface area (Å²) in [6, 6.07) is 25.4. The highest BCUT2D eigenvalue weighted by molar-refractivity contribution is 5.63. The number of ether oxygens (including phenoxy) is 1. The molecule has 0 fully saturated rings. The molecule has 0 heterocycles. The molecule has 3 aromatic carbocycles. The van der Waals surface area contributed by atoms with Crippen molar-refractivity contribution in [3.63, 3.8) is 0 Å². The van der Waals surface area contributed by atoms with Crippen molar-refractivity contribution >= 4 is 0 Å². The van der Waals surface area contributed by atoms with Crippen molar-refractivity contribution in [3.05, 3.63) is 90.0 Å². The van der Waals surface area contributed by atoms with E-state index in [0.29, 0.717) is 6.54 Å². The van der Waals surface area contributed by atoms with E-state index < -0.39 is 12.8 Å². The Balaban J connectivity index is 1.44. The third kappa shape index (κ3) is 6.43. The second-order valence-corrected chi connectivity index (χ2v) is 6.54. The molecule has 0 aromatic heterocycles. The van der Waals surface area contributed by atoms with Crippen LogP contribution in [-0.4, -0.2) is 19.3 Å². The molecule has 0 bridgehead atoms. The second kappa shape index (κ2) is 9.42. The molecule has 0 spiro atoms. The van der Waals surface area contributed by atoms with Crippen LogP contribution in [0.1, 0.15) is 11.1 Å². The van der Waals surface area contributed by atoms with E-state index in [9.17, 15) is 13.2 Å². The average molecular weight is 385 g/mol. The van der Waals surface area contributed by atoms with Gasteiger partial charge in [0.15, 0.2) is 6.61 Å².